The van der Waals surface area contributed by atoms with Crippen LogP contribution in [0.4, 0.5) is 0 Å². The van der Waals surface area contributed by atoms with E-state index < -0.39 is 101 Å². The van der Waals surface area contributed by atoms with E-state index >= 15 is 0 Å². The Morgan fingerprint density at radius 3 is 0.711 bits per heavy atom. The molecule has 0 aliphatic rings. The third-order valence-corrected chi connectivity index (χ3v) is 15.9. The van der Waals surface area contributed by atoms with Gasteiger partial charge in [0, 0.05) is 26.2 Å². The lowest BCUT2D eigenvalue weighted by atomic mass is 10.4. The van der Waals surface area contributed by atoms with Crippen LogP contribution in [0.15, 0.2) is 0 Å². The molecule has 0 amide bonds. The Bertz CT molecular complexity index is 942. The lowest BCUT2D eigenvalue weighted by Crippen LogP contribution is -2.47. The molecular formula is C11H33N3O18P6. The highest BCUT2D eigenvalue weighted by atomic mass is 31.2. The van der Waals surface area contributed by atoms with Crippen molar-refractivity contribution < 1.29 is 86.1 Å². The van der Waals surface area contributed by atoms with Gasteiger partial charge in [0.15, 0.2) is 0 Å². The van der Waals surface area contributed by atoms with E-state index in [2.05, 4.69) is 0 Å². The Morgan fingerprint density at radius 1 is 0.395 bits per heavy atom. The lowest BCUT2D eigenvalue weighted by molar-refractivity contribution is 0.154. The summed E-state index contributed by atoms with van der Waals surface area (Å²) in [5.74, 6) is 0. The Kier molecular flexibility index (Phi) is 14.1. The average Bonchev–Trinajstić information content (AvgIpc) is 2.60. The van der Waals surface area contributed by atoms with E-state index in [-0.39, 0.29) is 0 Å². The molecule has 0 saturated carbocycles. The van der Waals surface area contributed by atoms with Crippen molar-refractivity contribution in [1.29, 1.82) is 0 Å². The van der Waals surface area contributed by atoms with Crippen molar-refractivity contribution in [2.75, 3.05) is 39.3 Å². The van der Waals surface area contributed by atoms with Crippen LogP contribution in [0.2, 0.25) is 0 Å². The maximum absolute atomic E-state index is 12.0. The van der Waals surface area contributed by atoms with Crippen LogP contribution >= 0.6 is 45.6 Å². The smallest absolute Gasteiger partial charge is 0.323 e. The topological polar surface area (TPSA) is 355 Å². The predicted molar refractivity (Wildman–Crippen MR) is 130 cm³/mol. The normalized spacial score (nSPS) is 15.2. The zero-order valence-electron chi connectivity index (χ0n) is 19.8. The van der Waals surface area contributed by atoms with Gasteiger partial charge in [-0.1, -0.05) is 13.8 Å². The molecule has 0 rings (SSSR count). The molecule has 230 valence electrons. The number of hydrogen-bond acceptors (Lipinski definition) is 9. The van der Waals surface area contributed by atoms with Gasteiger partial charge in [0.2, 0.25) is 16.6 Å². The van der Waals surface area contributed by atoms with Crippen molar-refractivity contribution in [3.05, 3.63) is 0 Å². The van der Waals surface area contributed by atoms with Gasteiger partial charge in [0.25, 0.3) is 0 Å². The average molecular weight is 681 g/mol. The van der Waals surface area contributed by atoms with Gasteiger partial charge in [-0.2, -0.15) is 0 Å². The predicted octanol–water partition coefficient (Wildman–Crippen LogP) is -2.15. The molecule has 0 radical (unpaired) electrons. The fraction of sp³-hybridized carbons (Fsp3) is 1.00. The third kappa shape index (κ3) is 11.9. The van der Waals surface area contributed by atoms with Crippen LogP contribution in [0.1, 0.15) is 13.8 Å². The van der Waals surface area contributed by atoms with Gasteiger partial charge in [-0.05, 0) is 13.1 Å². The van der Waals surface area contributed by atoms with Gasteiger partial charge < -0.3 is 58.7 Å². The summed E-state index contributed by atoms with van der Waals surface area (Å²) < 4.78 is 70.9. The van der Waals surface area contributed by atoms with E-state index in [1.54, 1.807) is 0 Å². The summed E-state index contributed by atoms with van der Waals surface area (Å²) in [6.45, 7) is -2.19. The summed E-state index contributed by atoms with van der Waals surface area (Å²) in [4.78, 5) is 115. The van der Waals surface area contributed by atoms with Crippen LogP contribution in [0.25, 0.3) is 0 Å². The molecule has 0 aromatic carbocycles. The first-order valence-corrected chi connectivity index (χ1v) is 20.2. The molecular weight excluding hydrogens is 648 g/mol. The van der Waals surface area contributed by atoms with Crippen molar-refractivity contribution >= 4 is 45.6 Å². The minimum atomic E-state index is -5.76. The molecule has 0 saturated heterocycles. The van der Waals surface area contributed by atoms with E-state index in [0.29, 0.717) is 14.7 Å². The molecule has 0 aromatic rings. The van der Waals surface area contributed by atoms with Crippen LogP contribution < -0.4 is 0 Å². The number of hydrogen-bond donors (Lipinski definition) is 12. The van der Waals surface area contributed by atoms with Gasteiger partial charge >= 0.3 is 45.6 Å². The van der Waals surface area contributed by atoms with Crippen LogP contribution in [-0.4, -0.2) is 129 Å². The first-order chi connectivity index (χ1) is 16.6. The second-order valence-corrected chi connectivity index (χ2v) is 19.1. The second-order valence-electron chi connectivity index (χ2n) is 7.87. The summed E-state index contributed by atoms with van der Waals surface area (Å²) in [5, 5.41) is 0. The van der Waals surface area contributed by atoms with Crippen LogP contribution in [-0.2, 0) is 27.4 Å². The highest BCUT2D eigenvalue weighted by Gasteiger charge is 2.51. The van der Waals surface area contributed by atoms with Crippen molar-refractivity contribution in [1.82, 2.24) is 14.7 Å². The zero-order chi connectivity index (χ0) is 30.7. The standard InChI is InChI=1S/C11H33N3O18P6/c1-3-12(9(33(15,16)17)34(18,19)20)5-7-14(11(37(27,28)29)38(30,31)32)8-6-13(4-2)10(35(21,22)23)36(24,25)26/h9-11H,3-8H2,1-2H3,(H2,15,16,17)(H2,18,19,20)(H2,21,22,23)(H2,24,25,26)(H2,27,28,29)(H2,30,31,32). The Labute approximate surface area is 216 Å². The minimum absolute atomic E-state index is 0.333. The van der Waals surface area contributed by atoms with E-state index in [0.717, 1.165) is 0 Å². The van der Waals surface area contributed by atoms with Crippen molar-refractivity contribution in [2.24, 2.45) is 0 Å². The Morgan fingerprint density at radius 2 is 0.553 bits per heavy atom. The first-order valence-electron chi connectivity index (χ1n) is 10.1. The fourth-order valence-electron chi connectivity index (χ4n) is 3.59. The summed E-state index contributed by atoms with van der Waals surface area (Å²) in [6, 6.07) is 0. The summed E-state index contributed by atoms with van der Waals surface area (Å²) in [5.41, 5.74) is -8.41. The minimum Gasteiger partial charge on any atom is -0.323 e. The molecule has 0 aliphatic heterocycles. The SMILES string of the molecule is CCN(CCN(CCN(CC)C(P(=O)(O)O)P(=O)(O)O)C(P(=O)(O)O)P(=O)(O)O)C(P(=O)(O)O)P(=O)(O)O. The van der Waals surface area contributed by atoms with Gasteiger partial charge in [0.05, 0.1) is 0 Å². The van der Waals surface area contributed by atoms with Crippen LogP contribution in [0.3, 0.4) is 0 Å². The molecule has 38 heavy (non-hydrogen) atoms. The molecule has 0 aliphatic carbocycles. The molecule has 27 heteroatoms. The molecule has 21 nitrogen and oxygen atoms in total. The van der Waals surface area contributed by atoms with Gasteiger partial charge in [-0.25, -0.2) is 0 Å². The summed E-state index contributed by atoms with van der Waals surface area (Å²) in [6.07, 6.45) is 0. The first kappa shape index (κ1) is 38.8. The molecule has 0 spiro atoms. The molecule has 0 fully saturated rings. The van der Waals surface area contributed by atoms with E-state index in [1.165, 1.54) is 13.8 Å². The monoisotopic (exact) mass is 681 g/mol. The van der Waals surface area contributed by atoms with Crippen LogP contribution in [0, 0.1) is 0 Å². The van der Waals surface area contributed by atoms with Crippen molar-refractivity contribution in [2.45, 2.75) is 30.4 Å². The largest absolute Gasteiger partial charge is 0.354 e. The van der Waals surface area contributed by atoms with Crippen molar-refractivity contribution in [3.63, 3.8) is 0 Å². The quantitative estimate of drug-likeness (QED) is 0.0728. The van der Waals surface area contributed by atoms with Gasteiger partial charge in [-0.15, -0.1) is 0 Å². The summed E-state index contributed by atoms with van der Waals surface area (Å²) in [7, 11) is -33.7. The number of likely N-dealkylation sites (N-methyl/N-ethyl adjacent to an activating group) is 2. The third-order valence-electron chi connectivity index (χ3n) is 4.95. The summed E-state index contributed by atoms with van der Waals surface area (Å²) >= 11 is 0. The van der Waals surface area contributed by atoms with E-state index in [1.807, 2.05) is 0 Å². The van der Waals surface area contributed by atoms with Crippen LogP contribution in [0.5, 0.6) is 0 Å². The van der Waals surface area contributed by atoms with Gasteiger partial charge in [-0.3, -0.25) is 42.1 Å². The molecule has 0 aromatic heterocycles. The van der Waals surface area contributed by atoms with Crippen molar-refractivity contribution in [3.8, 4) is 0 Å². The maximum atomic E-state index is 12.0. The van der Waals surface area contributed by atoms with Gasteiger partial charge in [0.1, 0.15) is 0 Å². The second kappa shape index (κ2) is 13.8. The fourth-order valence-corrected chi connectivity index (χ4v) is 12.4. The zero-order valence-corrected chi connectivity index (χ0v) is 25.2. The number of rotatable bonds is 17. The lowest BCUT2D eigenvalue weighted by Gasteiger charge is -2.38. The highest BCUT2D eigenvalue weighted by molar-refractivity contribution is 7.71. The molecule has 12 N–H and O–H groups in total. The molecule has 0 heterocycles. The highest BCUT2D eigenvalue weighted by Crippen LogP contribution is 2.63. The Balaban J connectivity index is 6.51. The molecule has 0 unspecified atom stereocenters. The maximum Gasteiger partial charge on any atom is 0.354 e. The van der Waals surface area contributed by atoms with E-state index in [9.17, 15) is 86.1 Å². The molecule has 0 bridgehead atoms. The number of nitrogens with zero attached hydrogens (tertiary/aromatic N) is 3. The Hall–Kier alpha value is 0.780. The molecule has 0 atom stereocenters. The van der Waals surface area contributed by atoms with E-state index in [4.69, 9.17) is 0 Å².